The standard InChI is InChI=1S/C9H7ClN2O2S/c10-15(13,14)9-4-1-3-8(7-9)12-6-2-5-11-12/h1-7H. The van der Waals surface area contributed by atoms with Gasteiger partial charge in [0.25, 0.3) is 9.05 Å². The third-order valence-electron chi connectivity index (χ3n) is 1.87. The summed E-state index contributed by atoms with van der Waals surface area (Å²) in [7, 11) is 1.55. The molecule has 0 saturated heterocycles. The Kier molecular flexibility index (Phi) is 2.50. The van der Waals surface area contributed by atoms with E-state index >= 15 is 0 Å². The minimum Gasteiger partial charge on any atom is -0.241 e. The predicted molar refractivity (Wildman–Crippen MR) is 56.6 cm³/mol. The fourth-order valence-corrected chi connectivity index (χ4v) is 1.99. The monoisotopic (exact) mass is 242 g/mol. The van der Waals surface area contributed by atoms with Gasteiger partial charge in [-0.25, -0.2) is 13.1 Å². The summed E-state index contributed by atoms with van der Waals surface area (Å²) in [5.41, 5.74) is 0.654. The number of nitrogens with zero attached hydrogens (tertiary/aromatic N) is 2. The van der Waals surface area contributed by atoms with Crippen molar-refractivity contribution in [3.8, 4) is 5.69 Å². The molecule has 0 aliphatic carbocycles. The Bertz CT molecular complexity index is 564. The van der Waals surface area contributed by atoms with Gasteiger partial charge in [-0.05, 0) is 24.3 Å². The number of halogens is 1. The first-order chi connectivity index (χ1) is 7.07. The fourth-order valence-electron chi connectivity index (χ4n) is 1.20. The van der Waals surface area contributed by atoms with Gasteiger partial charge in [-0.3, -0.25) is 0 Å². The summed E-state index contributed by atoms with van der Waals surface area (Å²) >= 11 is 0. The Hall–Kier alpha value is -1.33. The van der Waals surface area contributed by atoms with Crippen molar-refractivity contribution in [3.63, 3.8) is 0 Å². The zero-order valence-electron chi connectivity index (χ0n) is 7.54. The van der Waals surface area contributed by atoms with Crippen LogP contribution in [0.4, 0.5) is 0 Å². The van der Waals surface area contributed by atoms with Crippen LogP contribution in [0.1, 0.15) is 0 Å². The van der Waals surface area contributed by atoms with Crippen LogP contribution in [0, 0.1) is 0 Å². The van der Waals surface area contributed by atoms with Crippen LogP contribution in [-0.4, -0.2) is 18.2 Å². The second-order valence-electron chi connectivity index (χ2n) is 2.89. The van der Waals surface area contributed by atoms with Gasteiger partial charge in [0.2, 0.25) is 0 Å². The molecule has 6 heteroatoms. The van der Waals surface area contributed by atoms with E-state index in [1.165, 1.54) is 12.1 Å². The van der Waals surface area contributed by atoms with E-state index in [-0.39, 0.29) is 4.90 Å². The van der Waals surface area contributed by atoms with Gasteiger partial charge in [0.05, 0.1) is 10.6 Å². The number of benzene rings is 1. The highest BCUT2D eigenvalue weighted by Crippen LogP contribution is 2.17. The summed E-state index contributed by atoms with van der Waals surface area (Å²) in [6, 6.07) is 8.03. The normalized spacial score (nSPS) is 11.5. The van der Waals surface area contributed by atoms with Gasteiger partial charge < -0.3 is 0 Å². The summed E-state index contributed by atoms with van der Waals surface area (Å²) in [6.45, 7) is 0. The second-order valence-corrected chi connectivity index (χ2v) is 5.45. The molecular weight excluding hydrogens is 236 g/mol. The molecule has 0 bridgehead atoms. The van der Waals surface area contributed by atoms with Crippen LogP contribution in [-0.2, 0) is 9.05 Å². The van der Waals surface area contributed by atoms with Gasteiger partial charge in [-0.1, -0.05) is 6.07 Å². The molecule has 4 nitrogen and oxygen atoms in total. The maximum absolute atomic E-state index is 11.1. The average molecular weight is 243 g/mol. The second kappa shape index (κ2) is 3.67. The lowest BCUT2D eigenvalue weighted by molar-refractivity contribution is 0.609. The molecule has 2 aromatic rings. The zero-order valence-corrected chi connectivity index (χ0v) is 9.11. The first-order valence-electron chi connectivity index (χ1n) is 4.12. The van der Waals surface area contributed by atoms with Crippen molar-refractivity contribution in [1.29, 1.82) is 0 Å². The molecule has 1 aromatic carbocycles. The van der Waals surface area contributed by atoms with E-state index in [0.29, 0.717) is 5.69 Å². The predicted octanol–water partition coefficient (Wildman–Crippen LogP) is 1.80. The summed E-state index contributed by atoms with van der Waals surface area (Å²) in [6.07, 6.45) is 3.34. The van der Waals surface area contributed by atoms with Gasteiger partial charge in [0.15, 0.2) is 0 Å². The minimum atomic E-state index is -3.69. The van der Waals surface area contributed by atoms with Gasteiger partial charge >= 0.3 is 0 Å². The van der Waals surface area contributed by atoms with Crippen LogP contribution in [0.2, 0.25) is 0 Å². The Balaban J connectivity index is 2.53. The molecule has 0 amide bonds. The van der Waals surface area contributed by atoms with Crippen LogP contribution < -0.4 is 0 Å². The Morgan fingerprint density at radius 1 is 1.27 bits per heavy atom. The van der Waals surface area contributed by atoms with E-state index in [0.717, 1.165) is 0 Å². The van der Waals surface area contributed by atoms with E-state index in [1.54, 1.807) is 35.3 Å². The summed E-state index contributed by atoms with van der Waals surface area (Å²) < 4.78 is 23.7. The number of aromatic nitrogens is 2. The smallest absolute Gasteiger partial charge is 0.241 e. The molecule has 0 aliphatic heterocycles. The summed E-state index contributed by atoms with van der Waals surface area (Å²) in [5.74, 6) is 0. The first-order valence-corrected chi connectivity index (χ1v) is 6.43. The van der Waals surface area contributed by atoms with Crippen LogP contribution in [0.25, 0.3) is 5.69 Å². The number of hydrogen-bond donors (Lipinski definition) is 0. The number of hydrogen-bond acceptors (Lipinski definition) is 3. The molecule has 78 valence electrons. The largest absolute Gasteiger partial charge is 0.261 e. The quantitative estimate of drug-likeness (QED) is 0.755. The Labute approximate surface area is 91.5 Å². The highest BCUT2D eigenvalue weighted by atomic mass is 35.7. The molecule has 0 atom stereocenters. The molecular formula is C9H7ClN2O2S. The highest BCUT2D eigenvalue weighted by molar-refractivity contribution is 8.13. The Morgan fingerprint density at radius 2 is 2.07 bits per heavy atom. The first kappa shape index (κ1) is 10.2. The Morgan fingerprint density at radius 3 is 2.67 bits per heavy atom. The molecule has 15 heavy (non-hydrogen) atoms. The van der Waals surface area contributed by atoms with E-state index < -0.39 is 9.05 Å². The van der Waals surface area contributed by atoms with Crippen molar-refractivity contribution in [2.45, 2.75) is 4.90 Å². The van der Waals surface area contributed by atoms with Crippen molar-refractivity contribution >= 4 is 19.7 Å². The molecule has 0 spiro atoms. The van der Waals surface area contributed by atoms with E-state index in [2.05, 4.69) is 5.10 Å². The van der Waals surface area contributed by atoms with E-state index in [4.69, 9.17) is 10.7 Å². The molecule has 0 fully saturated rings. The van der Waals surface area contributed by atoms with Crippen LogP contribution in [0.15, 0.2) is 47.6 Å². The van der Waals surface area contributed by atoms with Crippen molar-refractivity contribution < 1.29 is 8.42 Å². The summed E-state index contributed by atoms with van der Waals surface area (Å²) in [5, 5.41) is 3.99. The molecule has 0 N–H and O–H groups in total. The third-order valence-corrected chi connectivity index (χ3v) is 3.22. The van der Waals surface area contributed by atoms with Crippen molar-refractivity contribution in [3.05, 3.63) is 42.7 Å². The molecule has 0 radical (unpaired) electrons. The van der Waals surface area contributed by atoms with Crippen LogP contribution >= 0.6 is 10.7 Å². The van der Waals surface area contributed by atoms with E-state index in [9.17, 15) is 8.42 Å². The molecule has 2 rings (SSSR count). The van der Waals surface area contributed by atoms with Gasteiger partial charge in [-0.15, -0.1) is 0 Å². The third kappa shape index (κ3) is 2.19. The van der Waals surface area contributed by atoms with Crippen molar-refractivity contribution in [2.24, 2.45) is 0 Å². The van der Waals surface area contributed by atoms with Crippen LogP contribution in [0.5, 0.6) is 0 Å². The van der Waals surface area contributed by atoms with Crippen LogP contribution in [0.3, 0.4) is 0 Å². The molecule has 1 aromatic heterocycles. The fraction of sp³-hybridized carbons (Fsp3) is 0. The summed E-state index contributed by atoms with van der Waals surface area (Å²) in [4.78, 5) is 0.0668. The molecule has 0 saturated carbocycles. The van der Waals surface area contributed by atoms with Gasteiger partial charge in [0, 0.05) is 23.1 Å². The maximum atomic E-state index is 11.1. The highest BCUT2D eigenvalue weighted by Gasteiger charge is 2.10. The molecule has 1 heterocycles. The minimum absolute atomic E-state index is 0.0668. The SMILES string of the molecule is O=S(=O)(Cl)c1cccc(-n2cccn2)c1. The average Bonchev–Trinajstić information content (AvgIpc) is 2.69. The lowest BCUT2D eigenvalue weighted by atomic mass is 10.3. The maximum Gasteiger partial charge on any atom is 0.261 e. The molecule has 0 unspecified atom stereocenters. The lowest BCUT2D eigenvalue weighted by Gasteiger charge is -2.02. The van der Waals surface area contributed by atoms with Crippen molar-refractivity contribution in [2.75, 3.05) is 0 Å². The topological polar surface area (TPSA) is 52.0 Å². The zero-order chi connectivity index (χ0) is 10.9. The van der Waals surface area contributed by atoms with Gasteiger partial charge in [-0.2, -0.15) is 5.10 Å². The van der Waals surface area contributed by atoms with E-state index in [1.807, 2.05) is 0 Å². The molecule has 0 aliphatic rings. The van der Waals surface area contributed by atoms with Gasteiger partial charge in [0.1, 0.15) is 0 Å². The number of rotatable bonds is 2. The van der Waals surface area contributed by atoms with Crippen molar-refractivity contribution in [1.82, 2.24) is 9.78 Å². The lowest BCUT2D eigenvalue weighted by Crippen LogP contribution is -1.97.